The molecule has 2 aliphatic rings. The molecule has 9 heteroatoms. The van der Waals surface area contributed by atoms with E-state index in [2.05, 4.69) is 20.5 Å². The number of nitrogens with one attached hydrogen (secondary N) is 4. The van der Waals surface area contributed by atoms with Crippen molar-refractivity contribution >= 4 is 40.5 Å². The normalized spacial score (nSPS) is 22.9. The lowest BCUT2D eigenvalue weighted by molar-refractivity contribution is -0.132. The molecular weight excluding hydrogens is 542 g/mol. The Labute approximate surface area is 252 Å². The highest BCUT2D eigenvalue weighted by molar-refractivity contribution is 6.26. The standard InChI is InChI=1S/C34H41N5O4/c1-21-27(16-23(12-13-25(40)18-35)33(42)36-19-22-8-4-3-5-9-22)31-28(26-10-6-7-11-29(26)37-31)17-30(32(21)41)38-34(43)24-14-15-39(2)20-24/h3-11,18,21,23-24,27,30,35,37H,12-17,19-20H2,1-2H3,(H,36,42)(H,38,43)/t21?,23-,24+,27?,30+/m1/s1. The first-order valence-corrected chi connectivity index (χ1v) is 15.2. The predicted molar refractivity (Wildman–Crippen MR) is 166 cm³/mol. The third-order valence-corrected chi connectivity index (χ3v) is 9.22. The molecule has 4 N–H and O–H groups in total. The molecule has 9 nitrogen and oxygen atoms in total. The van der Waals surface area contributed by atoms with E-state index in [9.17, 15) is 19.2 Å². The first-order valence-electron chi connectivity index (χ1n) is 15.2. The zero-order chi connectivity index (χ0) is 30.5. The van der Waals surface area contributed by atoms with Crippen molar-refractivity contribution in [3.8, 4) is 0 Å². The Hall–Kier alpha value is -4.11. The lowest BCUT2D eigenvalue weighted by atomic mass is 9.79. The molecule has 3 aromatic rings. The van der Waals surface area contributed by atoms with Crippen LogP contribution in [-0.4, -0.2) is 65.7 Å². The first-order chi connectivity index (χ1) is 20.7. The van der Waals surface area contributed by atoms with Crippen molar-refractivity contribution in [3.63, 3.8) is 0 Å². The Morgan fingerprint density at radius 2 is 1.86 bits per heavy atom. The summed E-state index contributed by atoms with van der Waals surface area (Å²) in [6.07, 6.45) is 2.65. The van der Waals surface area contributed by atoms with Gasteiger partial charge in [0, 0.05) is 60.3 Å². The zero-order valence-corrected chi connectivity index (χ0v) is 24.9. The van der Waals surface area contributed by atoms with Crippen molar-refractivity contribution in [1.29, 1.82) is 5.41 Å². The van der Waals surface area contributed by atoms with E-state index in [1.165, 1.54) is 0 Å². The number of hydrogen-bond donors (Lipinski definition) is 4. The lowest BCUT2D eigenvalue weighted by Gasteiger charge is -2.27. The monoisotopic (exact) mass is 583 g/mol. The molecule has 43 heavy (non-hydrogen) atoms. The Morgan fingerprint density at radius 1 is 1.12 bits per heavy atom. The van der Waals surface area contributed by atoms with Crippen LogP contribution in [0.1, 0.15) is 55.3 Å². The van der Waals surface area contributed by atoms with Gasteiger partial charge >= 0.3 is 0 Å². The zero-order valence-electron chi connectivity index (χ0n) is 24.9. The van der Waals surface area contributed by atoms with E-state index in [1.807, 2.05) is 68.6 Å². The molecule has 1 aromatic heterocycles. The minimum absolute atomic E-state index is 0.0441. The van der Waals surface area contributed by atoms with Crippen LogP contribution in [0.2, 0.25) is 0 Å². The third kappa shape index (κ3) is 6.94. The van der Waals surface area contributed by atoms with Crippen molar-refractivity contribution in [3.05, 3.63) is 71.4 Å². The molecule has 2 aromatic carbocycles. The number of benzene rings is 2. The molecular formula is C34H41N5O4. The topological polar surface area (TPSA) is 135 Å². The average molecular weight is 584 g/mol. The van der Waals surface area contributed by atoms with Gasteiger partial charge in [-0.2, -0.15) is 0 Å². The number of carbonyl (C=O) groups excluding carboxylic acids is 4. The predicted octanol–water partition coefficient (Wildman–Crippen LogP) is 3.77. The molecule has 226 valence electrons. The number of fused-ring (bicyclic) bond motifs is 3. The highest BCUT2D eigenvalue weighted by atomic mass is 16.2. The van der Waals surface area contributed by atoms with Crippen LogP contribution in [0, 0.1) is 23.2 Å². The van der Waals surface area contributed by atoms with Crippen LogP contribution in [-0.2, 0) is 32.1 Å². The summed E-state index contributed by atoms with van der Waals surface area (Å²) in [5.74, 6) is -2.14. The van der Waals surface area contributed by atoms with Gasteiger partial charge in [-0.25, -0.2) is 0 Å². The summed E-state index contributed by atoms with van der Waals surface area (Å²) in [6, 6.07) is 16.9. The summed E-state index contributed by atoms with van der Waals surface area (Å²) in [4.78, 5) is 58.7. The molecule has 0 spiro atoms. The summed E-state index contributed by atoms with van der Waals surface area (Å²) in [5.41, 5.74) is 3.82. The summed E-state index contributed by atoms with van der Waals surface area (Å²) in [7, 11) is 2.00. The van der Waals surface area contributed by atoms with Gasteiger partial charge in [0.15, 0.2) is 11.6 Å². The minimum Gasteiger partial charge on any atom is -0.358 e. The molecule has 2 unspecified atom stereocenters. The molecule has 1 saturated heterocycles. The van der Waals surface area contributed by atoms with Crippen molar-refractivity contribution in [2.24, 2.45) is 17.8 Å². The van der Waals surface area contributed by atoms with E-state index in [0.717, 1.165) is 46.9 Å². The maximum atomic E-state index is 14.0. The lowest BCUT2D eigenvalue weighted by Crippen LogP contribution is -2.47. The van der Waals surface area contributed by atoms with Gasteiger partial charge in [-0.1, -0.05) is 55.5 Å². The number of amides is 2. The quantitative estimate of drug-likeness (QED) is 0.201. The fraction of sp³-hybridized carbons (Fsp3) is 0.441. The fourth-order valence-corrected chi connectivity index (χ4v) is 6.69. The highest BCUT2D eigenvalue weighted by Crippen LogP contribution is 2.41. The number of hydrogen-bond acceptors (Lipinski definition) is 6. The van der Waals surface area contributed by atoms with Crippen LogP contribution in [0.5, 0.6) is 0 Å². The number of aromatic nitrogens is 1. The molecule has 1 fully saturated rings. The molecule has 0 radical (unpaired) electrons. The molecule has 5 rings (SSSR count). The fourth-order valence-electron chi connectivity index (χ4n) is 6.69. The Balaban J connectivity index is 1.44. The van der Waals surface area contributed by atoms with Crippen molar-refractivity contribution in [1.82, 2.24) is 20.5 Å². The van der Waals surface area contributed by atoms with E-state index in [-0.39, 0.29) is 48.1 Å². The molecule has 0 bridgehead atoms. The highest BCUT2D eigenvalue weighted by Gasteiger charge is 2.41. The van der Waals surface area contributed by atoms with Gasteiger partial charge in [0.25, 0.3) is 0 Å². The molecule has 1 aliphatic heterocycles. The van der Waals surface area contributed by atoms with Gasteiger partial charge in [0.05, 0.1) is 18.2 Å². The van der Waals surface area contributed by atoms with E-state index in [0.29, 0.717) is 25.9 Å². The van der Waals surface area contributed by atoms with Crippen LogP contribution in [0.15, 0.2) is 54.6 Å². The second kappa shape index (κ2) is 13.5. The summed E-state index contributed by atoms with van der Waals surface area (Å²) in [5, 5.41) is 14.5. The van der Waals surface area contributed by atoms with Crippen molar-refractivity contribution in [2.45, 2.75) is 57.5 Å². The van der Waals surface area contributed by atoms with Crippen molar-refractivity contribution < 1.29 is 19.2 Å². The largest absolute Gasteiger partial charge is 0.358 e. The number of para-hydroxylation sites is 1. The Kier molecular flexibility index (Phi) is 9.50. The Bertz CT molecular complexity index is 1500. The van der Waals surface area contributed by atoms with E-state index >= 15 is 0 Å². The molecule has 0 saturated carbocycles. The summed E-state index contributed by atoms with van der Waals surface area (Å²) in [6.45, 7) is 3.78. The van der Waals surface area contributed by atoms with Gasteiger partial charge in [-0.05, 0) is 50.0 Å². The second-order valence-corrected chi connectivity index (χ2v) is 12.2. The van der Waals surface area contributed by atoms with Gasteiger partial charge in [-0.15, -0.1) is 0 Å². The maximum absolute atomic E-state index is 14.0. The molecule has 5 atom stereocenters. The van der Waals surface area contributed by atoms with Crippen LogP contribution >= 0.6 is 0 Å². The number of nitrogens with zero attached hydrogens (tertiary/aromatic N) is 1. The number of aromatic amines is 1. The second-order valence-electron chi connectivity index (χ2n) is 12.2. The number of rotatable bonds is 11. The van der Waals surface area contributed by atoms with Crippen LogP contribution in [0.4, 0.5) is 0 Å². The number of likely N-dealkylation sites (tertiary alicyclic amines) is 1. The van der Waals surface area contributed by atoms with E-state index in [1.54, 1.807) is 0 Å². The number of Topliss-reactive ketones (excluding diaryl/α,β-unsaturated/α-hetero) is 2. The number of carbonyl (C=O) groups is 4. The van der Waals surface area contributed by atoms with Crippen LogP contribution < -0.4 is 10.6 Å². The maximum Gasteiger partial charge on any atom is 0.225 e. The van der Waals surface area contributed by atoms with Gasteiger partial charge in [-0.3, -0.25) is 19.2 Å². The van der Waals surface area contributed by atoms with Gasteiger partial charge in [0.1, 0.15) is 0 Å². The molecule has 1 aliphatic carbocycles. The van der Waals surface area contributed by atoms with E-state index in [4.69, 9.17) is 5.41 Å². The van der Waals surface area contributed by atoms with Gasteiger partial charge in [0.2, 0.25) is 11.8 Å². The minimum atomic E-state index is -0.666. The first kappa shape index (κ1) is 30.4. The number of H-pyrrole nitrogens is 1. The van der Waals surface area contributed by atoms with E-state index < -0.39 is 17.9 Å². The Morgan fingerprint density at radius 3 is 2.58 bits per heavy atom. The smallest absolute Gasteiger partial charge is 0.225 e. The number of ketones is 2. The molecule has 2 heterocycles. The van der Waals surface area contributed by atoms with Crippen molar-refractivity contribution in [2.75, 3.05) is 20.1 Å². The van der Waals surface area contributed by atoms with Crippen LogP contribution in [0.3, 0.4) is 0 Å². The third-order valence-electron chi connectivity index (χ3n) is 9.22. The molecule has 2 amide bonds. The summed E-state index contributed by atoms with van der Waals surface area (Å²) < 4.78 is 0. The van der Waals surface area contributed by atoms with Crippen LogP contribution in [0.25, 0.3) is 10.9 Å². The SMILES string of the molecule is CC1C(=O)[C@@H](NC(=O)[C@H]2CCN(C)C2)Cc2c([nH]c3ccccc23)C1C[C@@H](CCC(=O)C=N)C(=O)NCc1ccccc1. The van der Waals surface area contributed by atoms with Gasteiger partial charge < -0.3 is 25.9 Å². The average Bonchev–Trinajstić information content (AvgIpc) is 3.60. The summed E-state index contributed by atoms with van der Waals surface area (Å²) >= 11 is 0.